The Balaban J connectivity index is 1.20. The van der Waals surface area contributed by atoms with Gasteiger partial charge in [-0.3, -0.25) is 43.9 Å². The van der Waals surface area contributed by atoms with E-state index in [1.54, 1.807) is 36.5 Å². The predicted octanol–water partition coefficient (Wildman–Crippen LogP) is 1.11. The Morgan fingerprint density at radius 1 is 0.614 bits per heavy atom. The molecule has 0 spiro atoms. The molecule has 1 unspecified atom stereocenters. The van der Waals surface area contributed by atoms with Gasteiger partial charge in [-0.1, -0.05) is 91.0 Å². The zero-order chi connectivity index (χ0) is 50.2. The van der Waals surface area contributed by atoms with Gasteiger partial charge in [0.15, 0.2) is 0 Å². The lowest BCUT2D eigenvalue weighted by Crippen LogP contribution is -2.60. The predicted molar refractivity (Wildman–Crippen MR) is 268 cm³/mol. The first-order valence-electron chi connectivity index (χ1n) is 23.4. The van der Waals surface area contributed by atoms with Gasteiger partial charge in [-0.05, 0) is 79.6 Å². The van der Waals surface area contributed by atoms with Crippen molar-refractivity contribution in [3.05, 3.63) is 120 Å². The van der Waals surface area contributed by atoms with E-state index >= 15 is 0 Å². The molecule has 1 aliphatic heterocycles. The zero-order valence-electron chi connectivity index (χ0n) is 39.2. The monoisotopic (exact) mass is 954 g/mol. The number of aromatic nitrogens is 1. The largest absolute Gasteiger partial charge is 0.361 e. The molecule has 19 nitrogen and oxygen atoms in total. The van der Waals surface area contributed by atoms with Gasteiger partial charge in [0.2, 0.25) is 41.4 Å². The Kier molecular flexibility index (Phi) is 18.6. The van der Waals surface area contributed by atoms with Crippen LogP contribution in [0.15, 0.2) is 113 Å². The van der Waals surface area contributed by atoms with E-state index in [1.165, 1.54) is 26.4 Å². The number of nitrogens with zero attached hydrogens (tertiary/aromatic N) is 2. The normalized spacial score (nSPS) is 16.0. The number of unbranched alkanes of at least 4 members (excludes halogenated alkanes) is 1. The van der Waals surface area contributed by atoms with Gasteiger partial charge in [-0.2, -0.15) is 0 Å². The highest BCUT2D eigenvalue weighted by atomic mass is 16.2. The first kappa shape index (κ1) is 51.8. The maximum atomic E-state index is 14.6. The molecule has 13 N–H and O–H groups in total. The van der Waals surface area contributed by atoms with E-state index in [0.29, 0.717) is 30.5 Å². The van der Waals surface area contributed by atoms with Crippen LogP contribution in [0.4, 0.5) is 0 Å². The van der Waals surface area contributed by atoms with Crippen LogP contribution in [0, 0.1) is 0 Å². The highest BCUT2D eigenvalue weighted by Crippen LogP contribution is 2.20. The molecule has 0 aliphatic carbocycles. The molecule has 19 heteroatoms. The number of benzene rings is 4. The van der Waals surface area contributed by atoms with Gasteiger partial charge >= 0.3 is 0 Å². The third-order valence-electron chi connectivity index (χ3n) is 11.9. The number of hydrogen-bond donors (Lipinski definition) is 10. The first-order chi connectivity index (χ1) is 33.7. The Morgan fingerprint density at radius 3 is 1.97 bits per heavy atom. The second kappa shape index (κ2) is 25.1. The zero-order valence-corrected chi connectivity index (χ0v) is 39.2. The molecule has 0 radical (unpaired) electrons. The molecule has 1 aliphatic rings. The second-order valence-electron chi connectivity index (χ2n) is 17.5. The minimum absolute atomic E-state index is 0.0195. The van der Waals surface area contributed by atoms with Crippen LogP contribution in [0.1, 0.15) is 56.2 Å². The molecule has 2 heterocycles. The number of nitrogens with two attached hydrogens (primary N) is 3. The van der Waals surface area contributed by atoms with E-state index in [2.05, 4.69) is 46.9 Å². The third kappa shape index (κ3) is 14.7. The van der Waals surface area contributed by atoms with Crippen molar-refractivity contribution in [1.29, 1.82) is 0 Å². The maximum Gasteiger partial charge on any atom is 0.249 e. The molecular formula is C51H62N12O7. The SMILES string of the molecule is C[C@H](N)C(=O)N[C@@H](CC1C=NC=N1)C(=O)NC(=O)[C@H](CCCCN)NC(=O)[C@@H](Cc1ccccc1)NC(=O)[C@H](Cc1c[nH]c2ccccc12)NC(=O)[C@H](C)NC(=O)[C@H](N)Cc1ccc2ccccc2c1. The summed E-state index contributed by atoms with van der Waals surface area (Å²) in [6.45, 7) is 3.23. The molecule has 70 heavy (non-hydrogen) atoms. The van der Waals surface area contributed by atoms with Gasteiger partial charge in [0.25, 0.3) is 0 Å². The fourth-order valence-electron chi connectivity index (χ4n) is 7.98. The van der Waals surface area contributed by atoms with Crippen LogP contribution in [0.3, 0.4) is 0 Å². The van der Waals surface area contributed by atoms with Crippen molar-refractivity contribution in [1.82, 2.24) is 36.9 Å². The number of carbonyl (C=O) groups excluding carboxylic acids is 7. The van der Waals surface area contributed by atoms with Crippen molar-refractivity contribution >= 4 is 75.6 Å². The molecule has 0 fully saturated rings. The molecular weight excluding hydrogens is 893 g/mol. The molecule has 4 aromatic carbocycles. The fourth-order valence-corrected chi connectivity index (χ4v) is 7.98. The summed E-state index contributed by atoms with van der Waals surface area (Å²) in [6, 6.07) is 21.3. The van der Waals surface area contributed by atoms with Crippen molar-refractivity contribution < 1.29 is 33.6 Å². The van der Waals surface area contributed by atoms with E-state index in [1.807, 2.05) is 66.7 Å². The van der Waals surface area contributed by atoms with E-state index in [0.717, 1.165) is 27.2 Å². The highest BCUT2D eigenvalue weighted by Gasteiger charge is 2.34. The Morgan fingerprint density at radius 2 is 1.26 bits per heavy atom. The van der Waals surface area contributed by atoms with Gasteiger partial charge in [0, 0.05) is 42.6 Å². The smallest absolute Gasteiger partial charge is 0.249 e. The van der Waals surface area contributed by atoms with E-state index in [9.17, 15) is 33.6 Å². The van der Waals surface area contributed by atoms with Gasteiger partial charge in [-0.15, -0.1) is 0 Å². The summed E-state index contributed by atoms with van der Waals surface area (Å²) in [6.07, 6.45) is 5.64. The van der Waals surface area contributed by atoms with Crippen LogP contribution in [0.5, 0.6) is 0 Å². The number of H-pyrrole nitrogens is 1. The molecule has 5 aromatic rings. The summed E-state index contributed by atoms with van der Waals surface area (Å²) in [7, 11) is 0. The summed E-state index contributed by atoms with van der Waals surface area (Å²) in [5, 5.41) is 18.8. The minimum atomic E-state index is -1.30. The summed E-state index contributed by atoms with van der Waals surface area (Å²) in [4.78, 5) is 108. The van der Waals surface area contributed by atoms with Crippen molar-refractivity contribution in [2.75, 3.05) is 6.54 Å². The summed E-state index contributed by atoms with van der Waals surface area (Å²) in [5.74, 6) is -5.08. The molecule has 0 saturated heterocycles. The number of para-hydroxylation sites is 1. The number of carbonyl (C=O) groups is 7. The molecule has 1 aromatic heterocycles. The second-order valence-corrected chi connectivity index (χ2v) is 17.5. The highest BCUT2D eigenvalue weighted by molar-refractivity contribution is 6.03. The van der Waals surface area contributed by atoms with Crippen LogP contribution in [-0.4, -0.2) is 114 Å². The number of hydrogen-bond acceptors (Lipinski definition) is 12. The number of rotatable bonds is 24. The van der Waals surface area contributed by atoms with Crippen molar-refractivity contribution in [3.8, 4) is 0 Å². The number of imide groups is 1. The van der Waals surface area contributed by atoms with Gasteiger partial charge in [0.05, 0.1) is 18.1 Å². The molecule has 6 rings (SSSR count). The van der Waals surface area contributed by atoms with Gasteiger partial charge in [-0.25, -0.2) is 4.99 Å². The molecule has 7 amide bonds. The lowest BCUT2D eigenvalue weighted by molar-refractivity contribution is -0.137. The molecule has 0 saturated carbocycles. The molecule has 368 valence electrons. The summed E-state index contributed by atoms with van der Waals surface area (Å²) < 4.78 is 0. The van der Waals surface area contributed by atoms with Crippen LogP contribution in [-0.2, 0) is 52.8 Å². The van der Waals surface area contributed by atoms with Crippen LogP contribution in [0.25, 0.3) is 21.7 Å². The third-order valence-corrected chi connectivity index (χ3v) is 11.9. The number of aromatic amines is 1. The topological polar surface area (TPSA) is 310 Å². The fraction of sp³-hybridized carbons (Fsp3) is 0.353. The lowest BCUT2D eigenvalue weighted by Gasteiger charge is -2.27. The quantitative estimate of drug-likeness (QED) is 0.0393. The van der Waals surface area contributed by atoms with Crippen LogP contribution < -0.4 is 49.1 Å². The summed E-state index contributed by atoms with van der Waals surface area (Å²) >= 11 is 0. The Labute approximate surface area is 405 Å². The average molecular weight is 955 g/mol. The maximum absolute atomic E-state index is 14.6. The number of aliphatic imine (C=N–C) groups is 2. The Hall–Kier alpha value is -7.61. The lowest BCUT2D eigenvalue weighted by atomic mass is 10.0. The number of amides is 7. The molecule has 0 bridgehead atoms. The van der Waals surface area contributed by atoms with Gasteiger partial charge in [0.1, 0.15) is 36.5 Å². The average Bonchev–Trinajstić information content (AvgIpc) is 4.03. The van der Waals surface area contributed by atoms with E-state index in [-0.39, 0.29) is 32.1 Å². The first-order valence-corrected chi connectivity index (χ1v) is 23.4. The minimum Gasteiger partial charge on any atom is -0.361 e. The number of nitrogens with one attached hydrogen (secondary N) is 7. The van der Waals surface area contributed by atoms with Crippen molar-refractivity contribution in [2.24, 2.45) is 27.2 Å². The Bertz CT molecular complexity index is 2690. The van der Waals surface area contributed by atoms with Crippen molar-refractivity contribution in [3.63, 3.8) is 0 Å². The van der Waals surface area contributed by atoms with Crippen molar-refractivity contribution in [2.45, 2.75) is 107 Å². The van der Waals surface area contributed by atoms with E-state index in [4.69, 9.17) is 17.2 Å². The van der Waals surface area contributed by atoms with Gasteiger partial charge < -0.3 is 48.8 Å². The number of fused-ring (bicyclic) bond motifs is 2. The van der Waals surface area contributed by atoms with Crippen LogP contribution >= 0.6 is 0 Å². The summed E-state index contributed by atoms with van der Waals surface area (Å²) in [5.41, 5.74) is 20.9. The standard InChI is InChI=1S/C51H62N12O7/c1-30(53)45(64)60-44(26-37-28-55-29-57-37)51(70)63-48(67)41(18-10-11-21-52)59-49(68)42(24-32-12-4-3-5-13-32)62-50(69)43(25-36-27-56-40-17-9-8-16-38(36)40)61-46(65)31(2)58-47(66)39(54)23-33-19-20-34-14-6-7-15-35(34)22-33/h3-9,12-17,19-20,22,27-31,37,39,41-44,56H,10-11,18,21,23-26,52-54H2,1-2H3,(H,58,66)(H,59,68)(H,60,64)(H,61,65)(H,62,69)(H,63,67,70)/t30-,31-,37?,39+,41-,42+,43-,44-/m0/s1. The van der Waals surface area contributed by atoms with Crippen LogP contribution in [0.2, 0.25) is 0 Å². The van der Waals surface area contributed by atoms with E-state index < -0.39 is 89.7 Å². The molecule has 8 atom stereocenters.